The summed E-state index contributed by atoms with van der Waals surface area (Å²) in [5.41, 5.74) is 1.20. The summed E-state index contributed by atoms with van der Waals surface area (Å²) in [7, 11) is 1.95. The van der Waals surface area contributed by atoms with Crippen LogP contribution in [-0.2, 0) is 12.8 Å². The number of aromatic nitrogens is 4. The molecule has 1 atom stereocenters. The van der Waals surface area contributed by atoms with Gasteiger partial charge in [-0.1, -0.05) is 13.8 Å². The van der Waals surface area contributed by atoms with E-state index in [1.54, 1.807) is 0 Å². The molecule has 19 heavy (non-hydrogen) atoms. The fourth-order valence-electron chi connectivity index (χ4n) is 1.94. The lowest BCUT2D eigenvalue weighted by Gasteiger charge is -2.11. The molecule has 0 aliphatic carbocycles. The number of pyridine rings is 1. The monoisotopic (exact) mass is 259 g/mol. The van der Waals surface area contributed by atoms with Crippen LogP contribution in [0.15, 0.2) is 18.3 Å². The Bertz CT molecular complexity index is 547. The highest BCUT2D eigenvalue weighted by Gasteiger charge is 2.11. The average molecular weight is 259 g/mol. The van der Waals surface area contributed by atoms with Gasteiger partial charge >= 0.3 is 0 Å². The lowest BCUT2D eigenvalue weighted by molar-refractivity contribution is 0.648. The molecule has 0 fully saturated rings. The highest BCUT2D eigenvalue weighted by atomic mass is 15.4. The predicted octanol–water partition coefficient (Wildman–Crippen LogP) is 2.07. The van der Waals surface area contributed by atoms with Crippen molar-refractivity contribution in [2.45, 2.75) is 39.7 Å². The van der Waals surface area contributed by atoms with Crippen LogP contribution in [0.3, 0.4) is 0 Å². The summed E-state index contributed by atoms with van der Waals surface area (Å²) in [6, 6.07) is 4.38. The number of nitrogens with one attached hydrogen (secondary N) is 1. The van der Waals surface area contributed by atoms with Crippen LogP contribution in [0.1, 0.15) is 44.0 Å². The van der Waals surface area contributed by atoms with Crippen molar-refractivity contribution >= 4 is 0 Å². The number of nitrogens with zero attached hydrogens (tertiary/aromatic N) is 4. The van der Waals surface area contributed by atoms with Crippen LogP contribution in [-0.4, -0.2) is 26.8 Å². The molecular formula is C14H21N5. The molecule has 0 amide bonds. The Morgan fingerprint density at radius 1 is 1.32 bits per heavy atom. The van der Waals surface area contributed by atoms with E-state index in [0.29, 0.717) is 6.04 Å². The molecule has 5 nitrogen and oxygen atoms in total. The van der Waals surface area contributed by atoms with Crippen molar-refractivity contribution < 1.29 is 0 Å². The van der Waals surface area contributed by atoms with Gasteiger partial charge in [0.25, 0.3) is 0 Å². The molecule has 0 bridgehead atoms. The standard InChI is InChI=1S/C14H21N5/c1-5-12-17-13(6-2)19(18-12)14-9-11(7-8-16-14)10(3)15-4/h7-10,15H,5-6H2,1-4H3. The average Bonchev–Trinajstić information content (AvgIpc) is 2.90. The SMILES string of the molecule is CCc1nc(CC)n(-c2cc(C(C)NC)ccn2)n1. The van der Waals surface area contributed by atoms with E-state index in [0.717, 1.165) is 30.3 Å². The summed E-state index contributed by atoms with van der Waals surface area (Å²) in [4.78, 5) is 8.93. The van der Waals surface area contributed by atoms with Crippen LogP contribution in [0, 0.1) is 0 Å². The van der Waals surface area contributed by atoms with Crippen molar-refractivity contribution in [2.75, 3.05) is 7.05 Å². The van der Waals surface area contributed by atoms with Crippen molar-refractivity contribution in [1.29, 1.82) is 0 Å². The minimum atomic E-state index is 0.293. The third-order valence-corrected chi connectivity index (χ3v) is 3.27. The summed E-state index contributed by atoms with van der Waals surface area (Å²) in [6.45, 7) is 6.27. The normalized spacial score (nSPS) is 12.6. The lowest BCUT2D eigenvalue weighted by Crippen LogP contribution is -2.13. The summed E-state index contributed by atoms with van der Waals surface area (Å²) in [5, 5.41) is 7.75. The first-order valence-electron chi connectivity index (χ1n) is 6.78. The van der Waals surface area contributed by atoms with E-state index in [1.165, 1.54) is 5.56 Å². The largest absolute Gasteiger partial charge is 0.313 e. The number of rotatable bonds is 5. The number of hydrogen-bond acceptors (Lipinski definition) is 4. The van der Waals surface area contributed by atoms with Crippen LogP contribution in [0.2, 0.25) is 0 Å². The quantitative estimate of drug-likeness (QED) is 0.893. The van der Waals surface area contributed by atoms with Gasteiger partial charge in [-0.3, -0.25) is 0 Å². The molecule has 1 unspecified atom stereocenters. The molecule has 2 aromatic rings. The maximum absolute atomic E-state index is 4.52. The minimum Gasteiger partial charge on any atom is -0.313 e. The Labute approximate surface area is 114 Å². The van der Waals surface area contributed by atoms with Crippen molar-refractivity contribution in [3.63, 3.8) is 0 Å². The molecule has 0 saturated heterocycles. The van der Waals surface area contributed by atoms with E-state index < -0.39 is 0 Å². The van der Waals surface area contributed by atoms with Crippen LogP contribution in [0.25, 0.3) is 5.82 Å². The molecule has 0 aromatic carbocycles. The molecule has 2 heterocycles. The Hall–Kier alpha value is -1.75. The van der Waals surface area contributed by atoms with E-state index in [1.807, 2.05) is 24.0 Å². The highest BCUT2D eigenvalue weighted by Crippen LogP contribution is 2.15. The number of hydrogen-bond donors (Lipinski definition) is 1. The first-order valence-corrected chi connectivity index (χ1v) is 6.78. The third-order valence-electron chi connectivity index (χ3n) is 3.27. The van der Waals surface area contributed by atoms with Gasteiger partial charge in [0.05, 0.1) is 0 Å². The van der Waals surface area contributed by atoms with Gasteiger partial charge in [0, 0.05) is 25.1 Å². The Morgan fingerprint density at radius 3 is 2.74 bits per heavy atom. The van der Waals surface area contributed by atoms with Gasteiger partial charge in [0.1, 0.15) is 5.82 Å². The van der Waals surface area contributed by atoms with Gasteiger partial charge in [-0.15, -0.1) is 5.10 Å². The van der Waals surface area contributed by atoms with Crippen LogP contribution >= 0.6 is 0 Å². The second-order valence-corrected chi connectivity index (χ2v) is 4.52. The Morgan fingerprint density at radius 2 is 2.11 bits per heavy atom. The fraction of sp³-hybridized carbons (Fsp3) is 0.500. The minimum absolute atomic E-state index is 0.293. The van der Waals surface area contributed by atoms with Gasteiger partial charge in [0.2, 0.25) is 0 Å². The van der Waals surface area contributed by atoms with Crippen molar-refractivity contribution in [1.82, 2.24) is 25.1 Å². The molecule has 5 heteroatoms. The Kier molecular flexibility index (Phi) is 4.27. The molecule has 0 aliphatic heterocycles. The maximum atomic E-state index is 4.52. The fourth-order valence-corrected chi connectivity index (χ4v) is 1.94. The first-order chi connectivity index (χ1) is 9.19. The topological polar surface area (TPSA) is 55.6 Å². The van der Waals surface area contributed by atoms with Gasteiger partial charge in [0.15, 0.2) is 11.6 Å². The molecule has 102 valence electrons. The Balaban J connectivity index is 2.43. The van der Waals surface area contributed by atoms with E-state index >= 15 is 0 Å². The molecule has 1 N–H and O–H groups in total. The molecule has 0 spiro atoms. The molecule has 0 radical (unpaired) electrons. The molecule has 2 aromatic heterocycles. The zero-order chi connectivity index (χ0) is 13.8. The summed E-state index contributed by atoms with van der Waals surface area (Å²) >= 11 is 0. The third kappa shape index (κ3) is 2.81. The van der Waals surface area contributed by atoms with E-state index in [-0.39, 0.29) is 0 Å². The summed E-state index contributed by atoms with van der Waals surface area (Å²) < 4.78 is 1.85. The van der Waals surface area contributed by atoms with Crippen molar-refractivity contribution in [3.8, 4) is 5.82 Å². The lowest BCUT2D eigenvalue weighted by atomic mass is 10.1. The van der Waals surface area contributed by atoms with E-state index in [2.05, 4.69) is 47.2 Å². The van der Waals surface area contributed by atoms with Crippen molar-refractivity contribution in [2.24, 2.45) is 0 Å². The van der Waals surface area contributed by atoms with Crippen molar-refractivity contribution in [3.05, 3.63) is 35.5 Å². The van der Waals surface area contributed by atoms with Gasteiger partial charge in [-0.25, -0.2) is 9.97 Å². The van der Waals surface area contributed by atoms with Gasteiger partial charge in [-0.2, -0.15) is 4.68 Å². The predicted molar refractivity (Wildman–Crippen MR) is 75.4 cm³/mol. The molecule has 2 rings (SSSR count). The first kappa shape index (κ1) is 13.7. The number of aryl methyl sites for hydroxylation is 2. The van der Waals surface area contributed by atoms with E-state index in [4.69, 9.17) is 0 Å². The van der Waals surface area contributed by atoms with Crippen LogP contribution in [0.5, 0.6) is 0 Å². The molecule has 0 aliphatic rings. The van der Waals surface area contributed by atoms with Crippen LogP contribution in [0.4, 0.5) is 0 Å². The summed E-state index contributed by atoms with van der Waals surface area (Å²) in [5.74, 6) is 2.66. The zero-order valence-electron chi connectivity index (χ0n) is 12.0. The summed E-state index contributed by atoms with van der Waals surface area (Å²) in [6.07, 6.45) is 3.51. The smallest absolute Gasteiger partial charge is 0.155 e. The zero-order valence-corrected chi connectivity index (χ0v) is 12.0. The van der Waals surface area contributed by atoms with Gasteiger partial charge in [-0.05, 0) is 31.7 Å². The van der Waals surface area contributed by atoms with Crippen LogP contribution < -0.4 is 5.32 Å². The second-order valence-electron chi connectivity index (χ2n) is 4.52. The highest BCUT2D eigenvalue weighted by molar-refractivity contribution is 5.29. The maximum Gasteiger partial charge on any atom is 0.155 e. The molecular weight excluding hydrogens is 238 g/mol. The van der Waals surface area contributed by atoms with Gasteiger partial charge < -0.3 is 5.32 Å². The second kappa shape index (κ2) is 5.93. The molecule has 0 saturated carbocycles. The van der Waals surface area contributed by atoms with E-state index in [9.17, 15) is 0 Å².